The molecule has 0 bridgehead atoms. The lowest BCUT2D eigenvalue weighted by atomic mass is 9.91. The normalized spacial score (nSPS) is 21.1. The summed E-state index contributed by atoms with van der Waals surface area (Å²) in [6.45, 7) is 11.2. The second-order valence-electron chi connectivity index (χ2n) is 5.92. The predicted molar refractivity (Wildman–Crippen MR) is 73.5 cm³/mol. The van der Waals surface area contributed by atoms with Crippen LogP contribution < -0.4 is 5.32 Å². The molecule has 1 fully saturated rings. The van der Waals surface area contributed by atoms with Gasteiger partial charge in [-0.05, 0) is 52.2 Å². The van der Waals surface area contributed by atoms with E-state index in [9.17, 15) is 4.79 Å². The van der Waals surface area contributed by atoms with Gasteiger partial charge in [-0.1, -0.05) is 6.92 Å². The maximum absolute atomic E-state index is 11.7. The molecule has 18 heavy (non-hydrogen) atoms. The number of ether oxygens (including phenoxy) is 1. The van der Waals surface area contributed by atoms with E-state index in [-0.39, 0.29) is 5.97 Å². The van der Waals surface area contributed by atoms with Gasteiger partial charge in [0.25, 0.3) is 0 Å². The number of methoxy groups -OCH3 is 1. The van der Waals surface area contributed by atoms with Gasteiger partial charge in [0.05, 0.1) is 12.5 Å². The SMILES string of the molecule is CCN(CC1CCCNC1)CC(C)(C)C(=O)OC. The molecule has 1 aliphatic heterocycles. The highest BCUT2D eigenvalue weighted by atomic mass is 16.5. The van der Waals surface area contributed by atoms with E-state index < -0.39 is 5.41 Å². The summed E-state index contributed by atoms with van der Waals surface area (Å²) in [5.41, 5.74) is -0.424. The molecule has 1 saturated heterocycles. The van der Waals surface area contributed by atoms with Crippen molar-refractivity contribution < 1.29 is 9.53 Å². The van der Waals surface area contributed by atoms with Gasteiger partial charge in [0.2, 0.25) is 0 Å². The van der Waals surface area contributed by atoms with E-state index >= 15 is 0 Å². The minimum atomic E-state index is -0.424. The van der Waals surface area contributed by atoms with Crippen LogP contribution in [0.25, 0.3) is 0 Å². The third kappa shape index (κ3) is 4.58. The number of esters is 1. The largest absolute Gasteiger partial charge is 0.469 e. The van der Waals surface area contributed by atoms with Crippen LogP contribution in [0, 0.1) is 11.3 Å². The first-order valence-corrected chi connectivity index (χ1v) is 7.01. The first kappa shape index (κ1) is 15.4. The fourth-order valence-electron chi connectivity index (χ4n) is 2.65. The number of nitrogens with one attached hydrogen (secondary N) is 1. The van der Waals surface area contributed by atoms with E-state index in [0.717, 1.165) is 32.7 Å². The number of rotatable bonds is 6. The molecule has 0 aromatic carbocycles. The summed E-state index contributed by atoms with van der Waals surface area (Å²) in [4.78, 5) is 14.1. The van der Waals surface area contributed by atoms with Crippen molar-refractivity contribution in [3.8, 4) is 0 Å². The average Bonchev–Trinajstić information content (AvgIpc) is 2.37. The van der Waals surface area contributed by atoms with Gasteiger partial charge in [0.15, 0.2) is 0 Å². The van der Waals surface area contributed by atoms with Gasteiger partial charge in [-0.3, -0.25) is 4.79 Å². The van der Waals surface area contributed by atoms with Gasteiger partial charge in [-0.15, -0.1) is 0 Å². The highest BCUT2D eigenvalue weighted by Crippen LogP contribution is 2.20. The van der Waals surface area contributed by atoms with Gasteiger partial charge in [-0.25, -0.2) is 0 Å². The molecule has 1 atom stereocenters. The summed E-state index contributed by atoms with van der Waals surface area (Å²) in [5.74, 6) is 0.592. The molecule has 0 aliphatic carbocycles. The molecule has 4 nitrogen and oxygen atoms in total. The number of carbonyl (C=O) groups is 1. The van der Waals surface area contributed by atoms with Crippen molar-refractivity contribution in [2.24, 2.45) is 11.3 Å². The number of nitrogens with zero attached hydrogens (tertiary/aromatic N) is 1. The van der Waals surface area contributed by atoms with Gasteiger partial charge in [0, 0.05) is 13.1 Å². The van der Waals surface area contributed by atoms with Gasteiger partial charge < -0.3 is 15.0 Å². The van der Waals surface area contributed by atoms with Crippen molar-refractivity contribution in [2.75, 3.05) is 39.8 Å². The predicted octanol–water partition coefficient (Wildman–Crippen LogP) is 1.51. The van der Waals surface area contributed by atoms with Crippen LogP contribution in [0.1, 0.15) is 33.6 Å². The summed E-state index contributed by atoms with van der Waals surface area (Å²) < 4.78 is 4.87. The van der Waals surface area contributed by atoms with Gasteiger partial charge in [-0.2, -0.15) is 0 Å². The van der Waals surface area contributed by atoms with Crippen molar-refractivity contribution in [2.45, 2.75) is 33.6 Å². The number of hydrogen-bond donors (Lipinski definition) is 1. The van der Waals surface area contributed by atoms with Crippen molar-refractivity contribution in [3.05, 3.63) is 0 Å². The van der Waals surface area contributed by atoms with E-state index in [1.54, 1.807) is 0 Å². The molecular weight excluding hydrogens is 228 g/mol. The highest BCUT2D eigenvalue weighted by molar-refractivity contribution is 5.76. The number of carbonyl (C=O) groups excluding carboxylic acids is 1. The van der Waals surface area contributed by atoms with E-state index in [1.165, 1.54) is 20.0 Å². The molecule has 1 aliphatic rings. The maximum Gasteiger partial charge on any atom is 0.312 e. The number of hydrogen-bond acceptors (Lipinski definition) is 4. The van der Waals surface area contributed by atoms with Crippen LogP contribution in [0.4, 0.5) is 0 Å². The first-order valence-electron chi connectivity index (χ1n) is 7.01. The zero-order valence-electron chi connectivity index (χ0n) is 12.3. The topological polar surface area (TPSA) is 41.6 Å². The molecule has 1 heterocycles. The Bertz CT molecular complexity index is 261. The van der Waals surface area contributed by atoms with Crippen LogP contribution in [-0.4, -0.2) is 50.7 Å². The molecule has 1 N–H and O–H groups in total. The van der Waals surface area contributed by atoms with Crippen molar-refractivity contribution >= 4 is 5.97 Å². The Balaban J connectivity index is 2.47. The molecule has 0 amide bonds. The van der Waals surface area contributed by atoms with Crippen molar-refractivity contribution in [1.29, 1.82) is 0 Å². The minimum absolute atomic E-state index is 0.122. The smallest absolute Gasteiger partial charge is 0.312 e. The van der Waals surface area contributed by atoms with E-state index in [0.29, 0.717) is 5.92 Å². The Morgan fingerprint density at radius 3 is 2.72 bits per heavy atom. The fourth-order valence-corrected chi connectivity index (χ4v) is 2.65. The zero-order chi connectivity index (χ0) is 13.6. The quantitative estimate of drug-likeness (QED) is 0.731. The fraction of sp³-hybridized carbons (Fsp3) is 0.929. The Morgan fingerprint density at radius 2 is 2.22 bits per heavy atom. The van der Waals surface area contributed by atoms with Crippen LogP contribution in [0.5, 0.6) is 0 Å². The lowest BCUT2D eigenvalue weighted by molar-refractivity contribution is -0.151. The van der Waals surface area contributed by atoms with Crippen LogP contribution in [0.2, 0.25) is 0 Å². The molecule has 0 aromatic rings. The Morgan fingerprint density at radius 1 is 1.50 bits per heavy atom. The molecule has 0 aromatic heterocycles. The van der Waals surface area contributed by atoms with Crippen molar-refractivity contribution in [1.82, 2.24) is 10.2 Å². The van der Waals surface area contributed by atoms with Crippen LogP contribution in [0.15, 0.2) is 0 Å². The molecular formula is C14H28N2O2. The molecule has 0 radical (unpaired) electrons. The Kier molecular flexibility index (Phi) is 6.09. The van der Waals surface area contributed by atoms with Gasteiger partial charge >= 0.3 is 5.97 Å². The monoisotopic (exact) mass is 256 g/mol. The van der Waals surface area contributed by atoms with Gasteiger partial charge in [0.1, 0.15) is 0 Å². The van der Waals surface area contributed by atoms with Crippen molar-refractivity contribution in [3.63, 3.8) is 0 Å². The molecule has 4 heteroatoms. The average molecular weight is 256 g/mol. The summed E-state index contributed by atoms with van der Waals surface area (Å²) >= 11 is 0. The van der Waals surface area contributed by atoms with Crippen LogP contribution in [0.3, 0.4) is 0 Å². The lowest BCUT2D eigenvalue weighted by Gasteiger charge is -2.33. The summed E-state index contributed by atoms with van der Waals surface area (Å²) in [5, 5.41) is 3.44. The molecule has 1 rings (SSSR count). The summed E-state index contributed by atoms with van der Waals surface area (Å²) in [6, 6.07) is 0. The number of piperidine rings is 1. The molecule has 106 valence electrons. The first-order chi connectivity index (χ1) is 8.49. The van der Waals surface area contributed by atoms with Crippen LogP contribution >= 0.6 is 0 Å². The van der Waals surface area contributed by atoms with E-state index in [1.807, 2.05) is 13.8 Å². The second kappa shape index (κ2) is 7.10. The minimum Gasteiger partial charge on any atom is -0.469 e. The summed E-state index contributed by atoms with van der Waals surface area (Å²) in [7, 11) is 1.46. The molecule has 0 spiro atoms. The molecule has 0 saturated carbocycles. The summed E-state index contributed by atoms with van der Waals surface area (Å²) in [6.07, 6.45) is 2.56. The zero-order valence-corrected chi connectivity index (χ0v) is 12.3. The van der Waals surface area contributed by atoms with Crippen LogP contribution in [-0.2, 0) is 9.53 Å². The Labute approximate surface area is 111 Å². The maximum atomic E-state index is 11.7. The lowest BCUT2D eigenvalue weighted by Crippen LogP contribution is -2.44. The van der Waals surface area contributed by atoms with E-state index in [4.69, 9.17) is 4.74 Å². The highest BCUT2D eigenvalue weighted by Gasteiger charge is 2.31. The standard InChI is InChI=1S/C14H28N2O2/c1-5-16(10-12-7-6-8-15-9-12)11-14(2,3)13(17)18-4/h12,15H,5-11H2,1-4H3. The third-order valence-electron chi connectivity index (χ3n) is 3.72. The third-order valence-corrected chi connectivity index (χ3v) is 3.72. The molecule has 1 unspecified atom stereocenters. The second-order valence-corrected chi connectivity index (χ2v) is 5.92. The Hall–Kier alpha value is -0.610. The van der Waals surface area contributed by atoms with E-state index in [2.05, 4.69) is 17.1 Å².